The number of aliphatic hydroxyl groups excluding tert-OH is 1. The molecule has 0 fully saturated rings. The zero-order valence-corrected chi connectivity index (χ0v) is 8.31. The molecule has 0 atom stereocenters. The van der Waals surface area contributed by atoms with Gasteiger partial charge in [-0.1, -0.05) is 11.8 Å². The molecule has 0 unspecified atom stereocenters. The van der Waals surface area contributed by atoms with Gasteiger partial charge in [0.15, 0.2) is 0 Å². The Bertz CT molecular complexity index is 365. The minimum atomic E-state index is -0.364. The quantitative estimate of drug-likeness (QED) is 0.589. The Morgan fingerprint density at radius 2 is 2.21 bits per heavy atom. The molecule has 0 saturated heterocycles. The highest BCUT2D eigenvalue weighted by Gasteiger charge is 1.99. The van der Waals surface area contributed by atoms with Crippen LogP contribution in [0.5, 0.6) is 0 Å². The molecule has 1 N–H and O–H groups in total. The number of rotatable bonds is 2. The molecular weight excluding hydrogens is 203 g/mol. The molecule has 0 heterocycles. The van der Waals surface area contributed by atoms with Gasteiger partial charge in [0.05, 0.1) is 6.61 Å². The molecular formula is C11H10ClFO. The second-order valence-corrected chi connectivity index (χ2v) is 3.08. The van der Waals surface area contributed by atoms with E-state index in [4.69, 9.17) is 16.7 Å². The van der Waals surface area contributed by atoms with Gasteiger partial charge in [-0.25, -0.2) is 4.39 Å². The van der Waals surface area contributed by atoms with Gasteiger partial charge in [-0.2, -0.15) is 0 Å². The van der Waals surface area contributed by atoms with Crippen molar-refractivity contribution in [3.63, 3.8) is 0 Å². The van der Waals surface area contributed by atoms with E-state index in [9.17, 15) is 4.39 Å². The molecule has 1 nitrogen and oxygen atoms in total. The first-order valence-corrected chi connectivity index (χ1v) is 4.75. The Labute approximate surface area is 87.5 Å². The van der Waals surface area contributed by atoms with Crippen molar-refractivity contribution in [1.29, 1.82) is 0 Å². The van der Waals surface area contributed by atoms with Crippen LogP contribution in [0.2, 0.25) is 0 Å². The van der Waals surface area contributed by atoms with Gasteiger partial charge < -0.3 is 5.11 Å². The molecule has 74 valence electrons. The molecule has 0 spiro atoms. The monoisotopic (exact) mass is 212 g/mol. The van der Waals surface area contributed by atoms with Gasteiger partial charge in [-0.05, 0) is 23.8 Å². The van der Waals surface area contributed by atoms with E-state index in [0.29, 0.717) is 23.4 Å². The molecule has 0 saturated carbocycles. The zero-order valence-electron chi connectivity index (χ0n) is 7.56. The van der Waals surface area contributed by atoms with Crippen LogP contribution in [0.15, 0.2) is 18.2 Å². The Morgan fingerprint density at radius 1 is 1.43 bits per heavy atom. The van der Waals surface area contributed by atoms with Gasteiger partial charge >= 0.3 is 0 Å². The summed E-state index contributed by atoms with van der Waals surface area (Å²) in [5, 5.41) is 8.94. The van der Waals surface area contributed by atoms with Crippen molar-refractivity contribution in [3.05, 3.63) is 35.1 Å². The standard InChI is InChI=1S/C11H10ClFO/c12-6-2-1-3-9-4-5-11(13)7-10(9)8-14/h4-5,7,14H,2,6,8H2. The van der Waals surface area contributed by atoms with Crippen molar-refractivity contribution in [2.75, 3.05) is 5.88 Å². The average Bonchev–Trinajstić information content (AvgIpc) is 2.20. The SMILES string of the molecule is OCc1cc(F)ccc1C#CCCCl. The Kier molecular flexibility index (Phi) is 4.45. The second-order valence-electron chi connectivity index (χ2n) is 2.70. The van der Waals surface area contributed by atoms with E-state index in [1.807, 2.05) is 0 Å². The van der Waals surface area contributed by atoms with Crippen LogP contribution in [-0.4, -0.2) is 11.0 Å². The van der Waals surface area contributed by atoms with E-state index < -0.39 is 0 Å². The number of halogens is 2. The lowest BCUT2D eigenvalue weighted by atomic mass is 10.1. The summed E-state index contributed by atoms with van der Waals surface area (Å²) in [6.45, 7) is -0.206. The Balaban J connectivity index is 2.92. The maximum atomic E-state index is 12.7. The van der Waals surface area contributed by atoms with Gasteiger partial charge in [0.25, 0.3) is 0 Å². The maximum absolute atomic E-state index is 12.7. The highest BCUT2D eigenvalue weighted by molar-refractivity contribution is 6.18. The average molecular weight is 213 g/mol. The fourth-order valence-electron chi connectivity index (χ4n) is 1.02. The summed E-state index contributed by atoms with van der Waals surface area (Å²) >= 11 is 5.45. The number of benzene rings is 1. The lowest BCUT2D eigenvalue weighted by molar-refractivity contribution is 0.281. The van der Waals surface area contributed by atoms with Crippen molar-refractivity contribution < 1.29 is 9.50 Å². The summed E-state index contributed by atoms with van der Waals surface area (Å²) in [5.41, 5.74) is 1.16. The molecule has 0 aliphatic heterocycles. The van der Waals surface area contributed by atoms with Crippen LogP contribution in [0.25, 0.3) is 0 Å². The van der Waals surface area contributed by atoms with E-state index in [1.54, 1.807) is 6.07 Å². The summed E-state index contributed by atoms with van der Waals surface area (Å²) in [6.07, 6.45) is 0.587. The van der Waals surface area contributed by atoms with Crippen molar-refractivity contribution in [3.8, 4) is 11.8 Å². The van der Waals surface area contributed by atoms with E-state index in [0.717, 1.165) is 0 Å². The summed E-state index contributed by atoms with van der Waals surface area (Å²) in [6, 6.07) is 4.16. The van der Waals surface area contributed by atoms with E-state index >= 15 is 0 Å². The third kappa shape index (κ3) is 3.02. The predicted molar refractivity (Wildman–Crippen MR) is 54.5 cm³/mol. The van der Waals surface area contributed by atoms with Gasteiger partial charge in [0.1, 0.15) is 5.82 Å². The lowest BCUT2D eigenvalue weighted by Crippen LogP contribution is -1.90. The second kappa shape index (κ2) is 5.64. The number of aliphatic hydroxyl groups is 1. The predicted octanol–water partition coefficient (Wildman–Crippen LogP) is 2.30. The minimum absolute atomic E-state index is 0.206. The van der Waals surface area contributed by atoms with E-state index in [2.05, 4.69) is 11.8 Å². The van der Waals surface area contributed by atoms with Gasteiger partial charge in [0, 0.05) is 17.9 Å². The third-order valence-corrected chi connectivity index (χ3v) is 1.87. The molecule has 0 aliphatic carbocycles. The van der Waals surface area contributed by atoms with Crippen LogP contribution in [0.4, 0.5) is 4.39 Å². The van der Waals surface area contributed by atoms with Crippen LogP contribution < -0.4 is 0 Å². The first-order chi connectivity index (χ1) is 6.77. The van der Waals surface area contributed by atoms with Crippen molar-refractivity contribution in [1.82, 2.24) is 0 Å². The molecule has 0 amide bonds. The van der Waals surface area contributed by atoms with Crippen LogP contribution >= 0.6 is 11.6 Å². The number of alkyl halides is 1. The van der Waals surface area contributed by atoms with E-state index in [-0.39, 0.29) is 12.4 Å². The topological polar surface area (TPSA) is 20.2 Å². The molecule has 0 bridgehead atoms. The number of hydrogen-bond acceptors (Lipinski definition) is 1. The maximum Gasteiger partial charge on any atom is 0.123 e. The fraction of sp³-hybridized carbons (Fsp3) is 0.273. The van der Waals surface area contributed by atoms with E-state index in [1.165, 1.54) is 12.1 Å². The van der Waals surface area contributed by atoms with Gasteiger partial charge in [-0.15, -0.1) is 11.6 Å². The smallest absolute Gasteiger partial charge is 0.123 e. The van der Waals surface area contributed by atoms with Gasteiger partial charge in [-0.3, -0.25) is 0 Å². The molecule has 1 aromatic rings. The van der Waals surface area contributed by atoms with Crippen molar-refractivity contribution in [2.24, 2.45) is 0 Å². The molecule has 3 heteroatoms. The molecule has 1 rings (SSSR count). The highest BCUT2D eigenvalue weighted by Crippen LogP contribution is 2.10. The van der Waals surface area contributed by atoms with Crippen LogP contribution in [0.3, 0.4) is 0 Å². The lowest BCUT2D eigenvalue weighted by Gasteiger charge is -1.99. The van der Waals surface area contributed by atoms with Crippen molar-refractivity contribution >= 4 is 11.6 Å². The highest BCUT2D eigenvalue weighted by atomic mass is 35.5. The van der Waals surface area contributed by atoms with Crippen LogP contribution in [0, 0.1) is 17.7 Å². The van der Waals surface area contributed by atoms with Crippen LogP contribution in [0.1, 0.15) is 17.5 Å². The van der Waals surface area contributed by atoms with Gasteiger partial charge in [0.2, 0.25) is 0 Å². The molecule has 0 aromatic heterocycles. The first-order valence-electron chi connectivity index (χ1n) is 4.22. The summed E-state index contributed by atoms with van der Waals surface area (Å²) < 4.78 is 12.7. The molecule has 0 aliphatic rings. The largest absolute Gasteiger partial charge is 0.392 e. The summed E-state index contributed by atoms with van der Waals surface area (Å²) in [5.74, 6) is 5.77. The third-order valence-electron chi connectivity index (χ3n) is 1.68. The summed E-state index contributed by atoms with van der Waals surface area (Å²) in [7, 11) is 0. The zero-order chi connectivity index (χ0) is 10.4. The molecule has 0 radical (unpaired) electrons. The number of hydrogen-bond donors (Lipinski definition) is 1. The normalized spacial score (nSPS) is 9.36. The van der Waals surface area contributed by atoms with Crippen molar-refractivity contribution in [2.45, 2.75) is 13.0 Å². The summed E-state index contributed by atoms with van der Waals surface area (Å²) in [4.78, 5) is 0. The minimum Gasteiger partial charge on any atom is -0.392 e. The first kappa shape index (κ1) is 11.0. The molecule has 1 aromatic carbocycles. The van der Waals surface area contributed by atoms with Crippen LogP contribution in [-0.2, 0) is 6.61 Å². The fourth-order valence-corrected chi connectivity index (χ4v) is 1.11. The Hall–Kier alpha value is -1.04. The Morgan fingerprint density at radius 3 is 2.86 bits per heavy atom. The molecule has 14 heavy (non-hydrogen) atoms.